The van der Waals surface area contributed by atoms with Gasteiger partial charge in [-0.3, -0.25) is 9.17 Å². The molecule has 192 valence electrons. The van der Waals surface area contributed by atoms with Gasteiger partial charge in [-0.2, -0.15) is 0 Å². The molecule has 1 atom stereocenters. The van der Waals surface area contributed by atoms with E-state index in [4.69, 9.17) is 14.2 Å². The Labute approximate surface area is 219 Å². The molecule has 5 rings (SSSR count). The third-order valence-electron chi connectivity index (χ3n) is 6.09. The Morgan fingerprint density at radius 1 is 0.973 bits per heavy atom. The summed E-state index contributed by atoms with van der Waals surface area (Å²) >= 11 is 1.32. The van der Waals surface area contributed by atoms with Gasteiger partial charge in [0.15, 0.2) is 0 Å². The van der Waals surface area contributed by atoms with E-state index in [1.165, 1.54) is 17.8 Å². The van der Waals surface area contributed by atoms with E-state index in [1.54, 1.807) is 6.07 Å². The van der Waals surface area contributed by atoms with E-state index in [0.29, 0.717) is 24.5 Å². The van der Waals surface area contributed by atoms with Gasteiger partial charge in [0.2, 0.25) is 0 Å². The lowest BCUT2D eigenvalue weighted by Crippen LogP contribution is -2.07. The minimum atomic E-state index is -2.98. The maximum absolute atomic E-state index is 11.4. The van der Waals surface area contributed by atoms with Crippen molar-refractivity contribution in [3.05, 3.63) is 94.3 Å². The molecular weight excluding hydrogens is 510 g/mol. The molecule has 0 fully saturated rings. The van der Waals surface area contributed by atoms with Crippen LogP contribution in [0, 0.1) is 0 Å². The van der Waals surface area contributed by atoms with Crippen molar-refractivity contribution in [3.8, 4) is 33.4 Å². The largest absolute Gasteiger partial charge is 0.494 e. The number of rotatable bonds is 10. The molecule has 1 aromatic heterocycles. The fourth-order valence-electron chi connectivity index (χ4n) is 4.33. The summed E-state index contributed by atoms with van der Waals surface area (Å²) in [5.74, 6) is 3.07. The highest BCUT2D eigenvalue weighted by atomic mass is 32.2. The first-order valence-corrected chi connectivity index (χ1v) is 14.9. The summed E-state index contributed by atoms with van der Waals surface area (Å²) in [6, 6.07) is 22.7. The van der Waals surface area contributed by atoms with Crippen molar-refractivity contribution in [2.24, 2.45) is 0 Å². The molecule has 0 unspecified atom stereocenters. The number of nitrogens with one attached hydrogen (secondary N) is 1. The van der Waals surface area contributed by atoms with Crippen LogP contribution in [-0.4, -0.2) is 31.4 Å². The maximum Gasteiger partial charge on any atom is 0.258 e. The zero-order chi connectivity index (χ0) is 25.8. The van der Waals surface area contributed by atoms with E-state index in [-0.39, 0.29) is 17.4 Å². The number of hydrogen-bond donors (Lipinski definition) is 1. The van der Waals surface area contributed by atoms with Gasteiger partial charge in [-0.15, -0.1) is 0 Å². The predicted octanol–water partition coefficient (Wildman–Crippen LogP) is 5.78. The lowest BCUT2D eigenvalue weighted by Gasteiger charge is -2.16. The molecule has 0 bridgehead atoms. The van der Waals surface area contributed by atoms with Gasteiger partial charge in [0.1, 0.15) is 38.9 Å². The molecule has 0 aliphatic heterocycles. The molecule has 1 aliphatic rings. The molecule has 9 heteroatoms. The van der Waals surface area contributed by atoms with Crippen LogP contribution in [0.3, 0.4) is 0 Å². The summed E-state index contributed by atoms with van der Waals surface area (Å²) in [5.41, 5.74) is 3.15. The number of benzene rings is 3. The van der Waals surface area contributed by atoms with Crippen LogP contribution in [-0.2, 0) is 16.3 Å². The number of aromatic amines is 1. The van der Waals surface area contributed by atoms with Gasteiger partial charge in [-0.05, 0) is 85.0 Å². The smallest absolute Gasteiger partial charge is 0.258 e. The SMILES string of the molecule is CS(=O)(=O)CCCOc1ccc(Oc2cccc3c2CC[C@H]3Oc2ccc(-c3cc(=O)[nH]s3)cc2)cc1. The molecule has 37 heavy (non-hydrogen) atoms. The Balaban J connectivity index is 1.21. The van der Waals surface area contributed by atoms with Gasteiger partial charge >= 0.3 is 0 Å². The highest BCUT2D eigenvalue weighted by Gasteiger charge is 2.27. The standard InChI is InChI=1S/C28H27NO6S2/c1-37(31,32)17-3-16-33-20-10-12-22(13-11-20)34-25-5-2-4-23-24(25)14-15-26(23)35-21-8-6-19(7-9-21)27-18-28(30)29-36-27/h2,4-13,18,26H,3,14-17H2,1H3,(H,29,30)/t26-/m1/s1. The highest BCUT2D eigenvalue weighted by molar-refractivity contribution is 7.90. The van der Waals surface area contributed by atoms with E-state index in [0.717, 1.165) is 45.9 Å². The minimum Gasteiger partial charge on any atom is -0.494 e. The van der Waals surface area contributed by atoms with E-state index < -0.39 is 9.84 Å². The maximum atomic E-state index is 11.4. The molecule has 0 saturated carbocycles. The fraction of sp³-hybridized carbons (Fsp3) is 0.250. The molecule has 7 nitrogen and oxygen atoms in total. The average molecular weight is 538 g/mol. The van der Waals surface area contributed by atoms with Crippen LogP contribution in [0.5, 0.6) is 23.0 Å². The molecule has 1 aliphatic carbocycles. The topological polar surface area (TPSA) is 94.7 Å². The van der Waals surface area contributed by atoms with Crippen molar-refractivity contribution in [1.29, 1.82) is 0 Å². The number of hydrogen-bond acceptors (Lipinski definition) is 7. The second kappa shape index (κ2) is 10.8. The normalized spacial score (nSPS) is 14.8. The van der Waals surface area contributed by atoms with Gasteiger partial charge in [0.05, 0.1) is 17.2 Å². The van der Waals surface area contributed by atoms with Gasteiger partial charge in [0, 0.05) is 17.9 Å². The molecule has 0 amide bonds. The van der Waals surface area contributed by atoms with Gasteiger partial charge in [0.25, 0.3) is 5.56 Å². The quantitative estimate of drug-likeness (QED) is 0.258. The summed E-state index contributed by atoms with van der Waals surface area (Å²) < 4.78 is 43.3. The van der Waals surface area contributed by atoms with Crippen molar-refractivity contribution in [2.45, 2.75) is 25.4 Å². The fourth-order valence-corrected chi connectivity index (χ4v) is 5.66. The molecule has 1 heterocycles. The average Bonchev–Trinajstić information content (AvgIpc) is 3.50. The Hall–Kier alpha value is -3.56. The molecule has 3 aromatic carbocycles. The lowest BCUT2D eigenvalue weighted by molar-refractivity contribution is 0.207. The number of fused-ring (bicyclic) bond motifs is 1. The molecule has 1 N–H and O–H groups in total. The zero-order valence-corrected chi connectivity index (χ0v) is 21.9. The van der Waals surface area contributed by atoms with Crippen LogP contribution in [0.15, 0.2) is 77.6 Å². The van der Waals surface area contributed by atoms with Crippen molar-refractivity contribution in [2.75, 3.05) is 18.6 Å². The predicted molar refractivity (Wildman–Crippen MR) is 145 cm³/mol. The van der Waals surface area contributed by atoms with Crippen molar-refractivity contribution < 1.29 is 22.6 Å². The van der Waals surface area contributed by atoms with Crippen LogP contribution < -0.4 is 19.8 Å². The van der Waals surface area contributed by atoms with Crippen LogP contribution >= 0.6 is 11.5 Å². The molecular formula is C28H27NO6S2. The highest BCUT2D eigenvalue weighted by Crippen LogP contribution is 2.41. The Morgan fingerprint density at radius 2 is 1.70 bits per heavy atom. The van der Waals surface area contributed by atoms with Crippen LogP contribution in [0.2, 0.25) is 0 Å². The monoisotopic (exact) mass is 537 g/mol. The second-order valence-electron chi connectivity index (χ2n) is 8.98. The van der Waals surface area contributed by atoms with E-state index in [1.807, 2.05) is 60.7 Å². The van der Waals surface area contributed by atoms with E-state index >= 15 is 0 Å². The molecule has 0 saturated heterocycles. The Bertz CT molecular complexity index is 1520. The van der Waals surface area contributed by atoms with Gasteiger partial charge < -0.3 is 14.2 Å². The zero-order valence-electron chi connectivity index (χ0n) is 20.3. The van der Waals surface area contributed by atoms with Crippen LogP contribution in [0.1, 0.15) is 30.1 Å². The summed E-state index contributed by atoms with van der Waals surface area (Å²) in [7, 11) is -2.98. The third kappa shape index (κ3) is 6.42. The van der Waals surface area contributed by atoms with Crippen molar-refractivity contribution in [3.63, 3.8) is 0 Å². The summed E-state index contributed by atoms with van der Waals surface area (Å²) in [6.45, 7) is 0.345. The summed E-state index contributed by atoms with van der Waals surface area (Å²) in [4.78, 5) is 12.3. The van der Waals surface area contributed by atoms with Crippen LogP contribution in [0.4, 0.5) is 0 Å². The molecule has 0 spiro atoms. The first-order chi connectivity index (χ1) is 17.8. The molecule has 0 radical (unpaired) electrons. The number of H-pyrrole nitrogens is 1. The minimum absolute atomic E-state index is 0.0598. The third-order valence-corrected chi connectivity index (χ3v) is 8.00. The van der Waals surface area contributed by atoms with Gasteiger partial charge in [-0.1, -0.05) is 23.7 Å². The number of aromatic nitrogens is 1. The van der Waals surface area contributed by atoms with Crippen LogP contribution in [0.25, 0.3) is 10.4 Å². The second-order valence-corrected chi connectivity index (χ2v) is 12.1. The van der Waals surface area contributed by atoms with E-state index in [9.17, 15) is 13.2 Å². The Kier molecular flexibility index (Phi) is 7.34. The number of sulfone groups is 1. The lowest BCUT2D eigenvalue weighted by atomic mass is 10.1. The van der Waals surface area contributed by atoms with E-state index in [2.05, 4.69) is 10.4 Å². The van der Waals surface area contributed by atoms with Crippen molar-refractivity contribution in [1.82, 2.24) is 4.37 Å². The Morgan fingerprint density at radius 3 is 2.41 bits per heavy atom. The summed E-state index contributed by atoms with van der Waals surface area (Å²) in [5, 5.41) is 0. The first kappa shape index (κ1) is 25.1. The molecule has 4 aromatic rings. The van der Waals surface area contributed by atoms with Gasteiger partial charge in [-0.25, -0.2) is 8.42 Å². The first-order valence-electron chi connectivity index (χ1n) is 12.0. The van der Waals surface area contributed by atoms with Crippen molar-refractivity contribution >= 4 is 21.4 Å². The number of ether oxygens (including phenoxy) is 3. The summed E-state index contributed by atoms with van der Waals surface area (Å²) in [6.07, 6.45) is 3.33.